The fourth-order valence-corrected chi connectivity index (χ4v) is 2.57. The van der Waals surface area contributed by atoms with Crippen LogP contribution in [0.2, 0.25) is 0 Å². The molecule has 1 fully saturated rings. The molecule has 1 aromatic rings. The number of carbonyl (C=O) groups is 1. The van der Waals surface area contributed by atoms with Gasteiger partial charge in [0.05, 0.1) is 11.7 Å². The van der Waals surface area contributed by atoms with E-state index >= 15 is 0 Å². The molecule has 1 aromatic heterocycles. The van der Waals surface area contributed by atoms with Gasteiger partial charge in [0.25, 0.3) is 0 Å². The predicted octanol–water partition coefficient (Wildman–Crippen LogP) is 2.43. The second kappa shape index (κ2) is 5.29. The van der Waals surface area contributed by atoms with Crippen LogP contribution >= 0.6 is 0 Å². The molecule has 94 valence electrons. The molecule has 0 amide bonds. The summed E-state index contributed by atoms with van der Waals surface area (Å²) >= 11 is 0. The summed E-state index contributed by atoms with van der Waals surface area (Å²) in [5.74, 6) is -0.962. The summed E-state index contributed by atoms with van der Waals surface area (Å²) in [5.41, 5.74) is 0.935. The smallest absolute Gasteiger partial charge is 0.358 e. The molecule has 1 aliphatic carbocycles. The maximum atomic E-state index is 11.1. The fraction of sp³-hybridized carbons (Fsp3) is 0.750. The Balaban J connectivity index is 2.28. The van der Waals surface area contributed by atoms with E-state index in [1.807, 2.05) is 11.6 Å². The maximum absolute atomic E-state index is 11.1. The quantitative estimate of drug-likeness (QED) is 0.873. The van der Waals surface area contributed by atoms with Gasteiger partial charge in [0.15, 0.2) is 5.69 Å². The van der Waals surface area contributed by atoms with Crippen LogP contribution < -0.4 is 0 Å². The number of hydrogen-bond donors (Lipinski definition) is 1. The molecule has 17 heavy (non-hydrogen) atoms. The van der Waals surface area contributed by atoms with Crippen molar-refractivity contribution < 1.29 is 9.90 Å². The SMILES string of the molecule is CCCc1c(C(=O)O)nnn1C1CCCCC1. The molecule has 0 spiro atoms. The largest absolute Gasteiger partial charge is 0.476 e. The lowest BCUT2D eigenvalue weighted by atomic mass is 9.95. The molecular weight excluding hydrogens is 218 g/mol. The highest BCUT2D eigenvalue weighted by Crippen LogP contribution is 2.29. The van der Waals surface area contributed by atoms with E-state index < -0.39 is 5.97 Å². The fourth-order valence-electron chi connectivity index (χ4n) is 2.57. The molecule has 0 aromatic carbocycles. The van der Waals surface area contributed by atoms with Gasteiger partial charge in [0.1, 0.15) is 0 Å². The maximum Gasteiger partial charge on any atom is 0.358 e. The first-order valence-electron chi connectivity index (χ1n) is 6.41. The molecule has 1 aliphatic rings. The molecular formula is C12H19N3O2. The highest BCUT2D eigenvalue weighted by Gasteiger charge is 2.24. The van der Waals surface area contributed by atoms with Crippen molar-refractivity contribution in [2.45, 2.75) is 57.9 Å². The van der Waals surface area contributed by atoms with E-state index in [2.05, 4.69) is 10.3 Å². The molecule has 0 atom stereocenters. The van der Waals surface area contributed by atoms with Gasteiger partial charge >= 0.3 is 5.97 Å². The van der Waals surface area contributed by atoms with Crippen LogP contribution in [0, 0.1) is 0 Å². The van der Waals surface area contributed by atoms with Crippen molar-refractivity contribution in [2.75, 3.05) is 0 Å². The standard InChI is InChI=1S/C12H19N3O2/c1-2-6-10-11(12(16)17)13-14-15(10)9-7-4-3-5-8-9/h9H,2-8H2,1H3,(H,16,17). The van der Waals surface area contributed by atoms with Crippen LogP contribution in [-0.4, -0.2) is 26.1 Å². The zero-order valence-corrected chi connectivity index (χ0v) is 10.2. The van der Waals surface area contributed by atoms with Crippen LogP contribution in [0.15, 0.2) is 0 Å². The first kappa shape index (κ1) is 12.1. The van der Waals surface area contributed by atoms with E-state index in [0.717, 1.165) is 31.4 Å². The highest BCUT2D eigenvalue weighted by atomic mass is 16.4. The minimum absolute atomic E-state index is 0.137. The number of aromatic carboxylic acids is 1. The molecule has 1 N–H and O–H groups in total. The molecule has 5 heteroatoms. The highest BCUT2D eigenvalue weighted by molar-refractivity contribution is 5.86. The molecule has 1 saturated carbocycles. The predicted molar refractivity (Wildman–Crippen MR) is 63.1 cm³/mol. The van der Waals surface area contributed by atoms with Crippen LogP contribution in [0.4, 0.5) is 0 Å². The number of rotatable bonds is 4. The molecule has 0 unspecified atom stereocenters. The molecule has 0 saturated heterocycles. The summed E-state index contributed by atoms with van der Waals surface area (Å²) in [4.78, 5) is 11.1. The zero-order valence-electron chi connectivity index (χ0n) is 10.2. The van der Waals surface area contributed by atoms with Crippen LogP contribution in [0.5, 0.6) is 0 Å². The van der Waals surface area contributed by atoms with Gasteiger partial charge in [-0.2, -0.15) is 0 Å². The Bertz CT molecular complexity index is 394. The lowest BCUT2D eigenvalue weighted by molar-refractivity contribution is 0.0689. The Morgan fingerprint density at radius 3 is 2.71 bits per heavy atom. The Labute approximate surface area is 101 Å². The number of nitrogens with zero attached hydrogens (tertiary/aromatic N) is 3. The average Bonchev–Trinajstić information content (AvgIpc) is 2.75. The Morgan fingerprint density at radius 2 is 2.12 bits per heavy atom. The van der Waals surface area contributed by atoms with E-state index in [-0.39, 0.29) is 5.69 Å². The van der Waals surface area contributed by atoms with Crippen LogP contribution in [0.1, 0.15) is 67.7 Å². The topological polar surface area (TPSA) is 68.0 Å². The van der Waals surface area contributed by atoms with Gasteiger partial charge in [-0.15, -0.1) is 5.10 Å². The number of hydrogen-bond acceptors (Lipinski definition) is 3. The normalized spacial score (nSPS) is 17.2. The lowest BCUT2D eigenvalue weighted by Gasteiger charge is -2.23. The second-order valence-corrected chi connectivity index (χ2v) is 4.68. The number of aromatic nitrogens is 3. The molecule has 1 heterocycles. The summed E-state index contributed by atoms with van der Waals surface area (Å²) in [5, 5.41) is 17.0. The van der Waals surface area contributed by atoms with Gasteiger partial charge in [-0.25, -0.2) is 9.48 Å². The van der Waals surface area contributed by atoms with Crippen molar-refractivity contribution in [1.29, 1.82) is 0 Å². The number of carboxylic acids is 1. The van der Waals surface area contributed by atoms with E-state index in [4.69, 9.17) is 5.11 Å². The van der Waals surface area contributed by atoms with Crippen molar-refractivity contribution in [3.8, 4) is 0 Å². The van der Waals surface area contributed by atoms with Crippen molar-refractivity contribution >= 4 is 5.97 Å². The average molecular weight is 237 g/mol. The Hall–Kier alpha value is -1.39. The third kappa shape index (κ3) is 2.48. The Kier molecular flexibility index (Phi) is 3.76. The van der Waals surface area contributed by atoms with Gasteiger partial charge in [-0.3, -0.25) is 0 Å². The molecule has 2 rings (SSSR count). The summed E-state index contributed by atoms with van der Waals surface area (Å²) in [7, 11) is 0. The molecule has 5 nitrogen and oxygen atoms in total. The van der Waals surface area contributed by atoms with E-state index in [1.54, 1.807) is 0 Å². The number of carboxylic acid groups (broad SMARTS) is 1. The molecule has 0 bridgehead atoms. The Morgan fingerprint density at radius 1 is 1.41 bits per heavy atom. The third-order valence-corrected chi connectivity index (χ3v) is 3.40. The van der Waals surface area contributed by atoms with Crippen LogP contribution in [-0.2, 0) is 6.42 Å². The molecule has 0 radical (unpaired) electrons. The minimum Gasteiger partial charge on any atom is -0.476 e. The van der Waals surface area contributed by atoms with E-state index in [9.17, 15) is 4.79 Å². The van der Waals surface area contributed by atoms with Gasteiger partial charge < -0.3 is 5.11 Å². The minimum atomic E-state index is -0.962. The lowest BCUT2D eigenvalue weighted by Crippen LogP contribution is -2.17. The zero-order chi connectivity index (χ0) is 12.3. The first-order chi connectivity index (χ1) is 8.24. The van der Waals surface area contributed by atoms with Gasteiger partial charge in [-0.05, 0) is 19.3 Å². The summed E-state index contributed by atoms with van der Waals surface area (Å²) in [6, 6.07) is 0.353. The third-order valence-electron chi connectivity index (χ3n) is 3.40. The molecule has 0 aliphatic heterocycles. The van der Waals surface area contributed by atoms with Gasteiger partial charge in [-0.1, -0.05) is 37.8 Å². The van der Waals surface area contributed by atoms with E-state index in [0.29, 0.717) is 6.04 Å². The van der Waals surface area contributed by atoms with Crippen molar-refractivity contribution in [1.82, 2.24) is 15.0 Å². The van der Waals surface area contributed by atoms with Crippen molar-refractivity contribution in [3.05, 3.63) is 11.4 Å². The summed E-state index contributed by atoms with van der Waals surface area (Å²) < 4.78 is 1.87. The van der Waals surface area contributed by atoms with Crippen LogP contribution in [0.25, 0.3) is 0 Å². The van der Waals surface area contributed by atoms with Crippen molar-refractivity contribution in [3.63, 3.8) is 0 Å². The van der Waals surface area contributed by atoms with Crippen molar-refractivity contribution in [2.24, 2.45) is 0 Å². The van der Waals surface area contributed by atoms with Gasteiger partial charge in [0, 0.05) is 0 Å². The summed E-state index contributed by atoms with van der Waals surface area (Å²) in [6.45, 7) is 2.05. The monoisotopic (exact) mass is 237 g/mol. The second-order valence-electron chi connectivity index (χ2n) is 4.68. The van der Waals surface area contributed by atoms with Gasteiger partial charge in [0.2, 0.25) is 0 Å². The van der Waals surface area contributed by atoms with E-state index in [1.165, 1.54) is 19.3 Å². The first-order valence-corrected chi connectivity index (χ1v) is 6.41. The van der Waals surface area contributed by atoms with Crippen LogP contribution in [0.3, 0.4) is 0 Å². The summed E-state index contributed by atoms with van der Waals surface area (Å²) in [6.07, 6.45) is 7.54.